The van der Waals surface area contributed by atoms with Gasteiger partial charge >= 0.3 is 0 Å². The standard InChI is InChI=1S/C16H16F2N2O3S2/c17-12-3-6-14(18)15(9-12)24-10-16(21)20-8-7-11-1-4-13(5-2-11)25(19,22)23/h1-6,9H,7-8,10H2,(H,20,21)(H2,19,22,23). The predicted molar refractivity (Wildman–Crippen MR) is 91.6 cm³/mol. The molecular formula is C16H16F2N2O3S2. The molecule has 0 heterocycles. The second kappa shape index (κ2) is 8.41. The molecule has 2 rings (SSSR count). The molecule has 25 heavy (non-hydrogen) atoms. The van der Waals surface area contributed by atoms with Gasteiger partial charge < -0.3 is 5.32 Å². The number of halogens is 2. The summed E-state index contributed by atoms with van der Waals surface area (Å²) in [5, 5.41) is 7.67. The molecule has 0 aliphatic rings. The monoisotopic (exact) mass is 386 g/mol. The maximum Gasteiger partial charge on any atom is 0.238 e. The van der Waals surface area contributed by atoms with Crippen molar-refractivity contribution in [2.45, 2.75) is 16.2 Å². The van der Waals surface area contributed by atoms with Crippen LogP contribution in [0.1, 0.15) is 5.56 Å². The smallest absolute Gasteiger partial charge is 0.238 e. The van der Waals surface area contributed by atoms with Crippen LogP contribution < -0.4 is 10.5 Å². The number of hydrogen-bond acceptors (Lipinski definition) is 4. The van der Waals surface area contributed by atoms with Crippen LogP contribution in [-0.4, -0.2) is 26.6 Å². The van der Waals surface area contributed by atoms with Crippen LogP contribution in [-0.2, 0) is 21.2 Å². The Morgan fingerprint density at radius 3 is 2.44 bits per heavy atom. The molecule has 0 aliphatic heterocycles. The minimum Gasteiger partial charge on any atom is -0.355 e. The van der Waals surface area contributed by atoms with Gasteiger partial charge in [-0.2, -0.15) is 0 Å². The van der Waals surface area contributed by atoms with Crippen LogP contribution in [0.4, 0.5) is 8.78 Å². The van der Waals surface area contributed by atoms with Crippen molar-refractivity contribution in [2.24, 2.45) is 5.14 Å². The number of nitrogens with one attached hydrogen (secondary N) is 1. The van der Waals surface area contributed by atoms with E-state index in [1.807, 2.05) is 0 Å². The number of sulfonamides is 1. The first kappa shape index (κ1) is 19.4. The Balaban J connectivity index is 1.78. The number of nitrogens with two attached hydrogens (primary N) is 1. The molecule has 0 spiro atoms. The molecule has 2 aromatic carbocycles. The molecule has 9 heteroatoms. The second-order valence-electron chi connectivity index (χ2n) is 5.15. The van der Waals surface area contributed by atoms with Crippen LogP contribution >= 0.6 is 11.8 Å². The van der Waals surface area contributed by atoms with Crippen LogP contribution in [0, 0.1) is 11.6 Å². The Morgan fingerprint density at radius 2 is 1.80 bits per heavy atom. The van der Waals surface area contributed by atoms with E-state index in [0.717, 1.165) is 35.5 Å². The maximum atomic E-state index is 13.4. The van der Waals surface area contributed by atoms with Crippen LogP contribution in [0.2, 0.25) is 0 Å². The van der Waals surface area contributed by atoms with E-state index in [0.29, 0.717) is 13.0 Å². The summed E-state index contributed by atoms with van der Waals surface area (Å²) in [6.45, 7) is 0.333. The fraction of sp³-hybridized carbons (Fsp3) is 0.188. The highest BCUT2D eigenvalue weighted by Gasteiger charge is 2.09. The van der Waals surface area contributed by atoms with Crippen molar-refractivity contribution in [1.82, 2.24) is 5.32 Å². The quantitative estimate of drug-likeness (QED) is 0.713. The molecule has 0 fully saturated rings. The van der Waals surface area contributed by atoms with Gasteiger partial charge in [0.25, 0.3) is 0 Å². The van der Waals surface area contributed by atoms with Crippen LogP contribution in [0.5, 0.6) is 0 Å². The van der Waals surface area contributed by atoms with Gasteiger partial charge in [-0.25, -0.2) is 22.3 Å². The van der Waals surface area contributed by atoms with Crippen LogP contribution in [0.15, 0.2) is 52.3 Å². The number of thioether (sulfide) groups is 1. The van der Waals surface area contributed by atoms with Crippen molar-refractivity contribution in [2.75, 3.05) is 12.3 Å². The molecule has 2 aromatic rings. The first-order chi connectivity index (χ1) is 11.8. The highest BCUT2D eigenvalue weighted by atomic mass is 32.2. The summed E-state index contributed by atoms with van der Waals surface area (Å²) >= 11 is 0.913. The fourth-order valence-corrected chi connectivity index (χ4v) is 3.28. The molecule has 134 valence electrons. The lowest BCUT2D eigenvalue weighted by molar-refractivity contribution is -0.118. The molecule has 0 bridgehead atoms. The molecule has 0 saturated heterocycles. The van der Waals surface area contributed by atoms with Crippen molar-refractivity contribution in [1.29, 1.82) is 0 Å². The lowest BCUT2D eigenvalue weighted by Gasteiger charge is -2.07. The van der Waals surface area contributed by atoms with E-state index in [1.165, 1.54) is 12.1 Å². The molecule has 5 nitrogen and oxygen atoms in total. The predicted octanol–water partition coefficient (Wildman–Crippen LogP) is 2.06. The van der Waals surface area contributed by atoms with Crippen molar-refractivity contribution in [3.63, 3.8) is 0 Å². The minimum absolute atomic E-state index is 0.0220. The van der Waals surface area contributed by atoms with E-state index in [2.05, 4.69) is 5.32 Å². The van der Waals surface area contributed by atoms with Crippen molar-refractivity contribution < 1.29 is 22.0 Å². The minimum atomic E-state index is -3.72. The summed E-state index contributed by atoms with van der Waals surface area (Å²) in [5.74, 6) is -1.48. The topological polar surface area (TPSA) is 89.3 Å². The van der Waals surface area contributed by atoms with Crippen LogP contribution in [0.25, 0.3) is 0 Å². The SMILES string of the molecule is NS(=O)(=O)c1ccc(CCNC(=O)CSc2cc(F)ccc2F)cc1. The highest BCUT2D eigenvalue weighted by Crippen LogP contribution is 2.22. The van der Waals surface area contributed by atoms with Crippen LogP contribution in [0.3, 0.4) is 0 Å². The summed E-state index contributed by atoms with van der Waals surface area (Å²) in [7, 11) is -3.72. The van der Waals surface area contributed by atoms with E-state index >= 15 is 0 Å². The average Bonchev–Trinajstić information content (AvgIpc) is 2.55. The molecule has 3 N–H and O–H groups in total. The summed E-state index contributed by atoms with van der Waals surface area (Å²) < 4.78 is 48.8. The average molecular weight is 386 g/mol. The number of benzene rings is 2. The molecule has 1 amide bonds. The zero-order valence-electron chi connectivity index (χ0n) is 13.0. The molecule has 0 atom stereocenters. The first-order valence-corrected chi connectivity index (χ1v) is 9.75. The molecule has 0 aromatic heterocycles. The zero-order valence-corrected chi connectivity index (χ0v) is 14.7. The van der Waals surface area contributed by atoms with Crippen molar-refractivity contribution in [3.05, 3.63) is 59.7 Å². The Bertz CT molecular complexity index is 856. The number of primary sulfonamides is 1. The second-order valence-corrected chi connectivity index (χ2v) is 7.73. The van der Waals surface area contributed by atoms with Gasteiger partial charge in [0.2, 0.25) is 15.9 Å². The van der Waals surface area contributed by atoms with E-state index < -0.39 is 21.7 Å². The van der Waals surface area contributed by atoms with Gasteiger partial charge in [0.15, 0.2) is 0 Å². The third-order valence-corrected chi connectivity index (χ3v) is 5.20. The number of amides is 1. The van der Waals surface area contributed by atoms with E-state index in [9.17, 15) is 22.0 Å². The maximum absolute atomic E-state index is 13.4. The lowest BCUT2D eigenvalue weighted by Crippen LogP contribution is -2.27. The van der Waals surface area contributed by atoms with Gasteiger partial charge in [-0.15, -0.1) is 11.8 Å². The number of rotatable bonds is 7. The Hall–Kier alpha value is -1.97. The van der Waals surface area contributed by atoms with Gasteiger partial charge in [0.1, 0.15) is 11.6 Å². The van der Waals surface area contributed by atoms with Crippen molar-refractivity contribution in [3.8, 4) is 0 Å². The zero-order chi connectivity index (χ0) is 18.4. The molecule has 0 aliphatic carbocycles. The summed E-state index contributed by atoms with van der Waals surface area (Å²) in [6.07, 6.45) is 0.496. The largest absolute Gasteiger partial charge is 0.355 e. The Kier molecular flexibility index (Phi) is 6.51. The summed E-state index contributed by atoms with van der Waals surface area (Å²) in [5.41, 5.74) is 0.830. The van der Waals surface area contributed by atoms with Gasteiger partial charge in [-0.05, 0) is 42.3 Å². The third-order valence-electron chi connectivity index (χ3n) is 3.24. The molecule has 0 unspecified atom stereocenters. The third kappa shape index (κ3) is 6.11. The Labute approximate surface area is 148 Å². The van der Waals surface area contributed by atoms with Gasteiger partial charge in [-0.3, -0.25) is 4.79 Å². The molecular weight excluding hydrogens is 370 g/mol. The fourth-order valence-electron chi connectivity index (χ4n) is 1.97. The lowest BCUT2D eigenvalue weighted by atomic mass is 10.1. The normalized spacial score (nSPS) is 11.3. The molecule has 0 radical (unpaired) electrons. The number of carbonyl (C=O) groups excluding carboxylic acids is 1. The van der Waals surface area contributed by atoms with Crippen molar-refractivity contribution >= 4 is 27.7 Å². The van der Waals surface area contributed by atoms with E-state index in [4.69, 9.17) is 5.14 Å². The van der Waals surface area contributed by atoms with Gasteiger partial charge in [0, 0.05) is 11.4 Å². The summed E-state index contributed by atoms with van der Waals surface area (Å²) in [6, 6.07) is 9.09. The number of carbonyl (C=O) groups is 1. The molecule has 0 saturated carbocycles. The Morgan fingerprint density at radius 1 is 1.12 bits per heavy atom. The van der Waals surface area contributed by atoms with Gasteiger partial charge in [-0.1, -0.05) is 12.1 Å². The number of hydrogen-bond donors (Lipinski definition) is 2. The van der Waals surface area contributed by atoms with Gasteiger partial charge in [0.05, 0.1) is 10.6 Å². The van der Waals surface area contributed by atoms with E-state index in [-0.39, 0.29) is 21.5 Å². The summed E-state index contributed by atoms with van der Waals surface area (Å²) in [4.78, 5) is 11.8. The first-order valence-electron chi connectivity index (χ1n) is 7.22. The highest BCUT2D eigenvalue weighted by molar-refractivity contribution is 8.00. The van der Waals surface area contributed by atoms with E-state index in [1.54, 1.807) is 12.1 Å².